The molecule has 0 unspecified atom stereocenters. The lowest BCUT2D eigenvalue weighted by molar-refractivity contribution is -0.141. The summed E-state index contributed by atoms with van der Waals surface area (Å²) in [6, 6.07) is 0. The van der Waals surface area contributed by atoms with E-state index < -0.39 is 5.60 Å². The van der Waals surface area contributed by atoms with Crippen molar-refractivity contribution in [1.29, 1.82) is 0 Å². The third-order valence-corrected chi connectivity index (χ3v) is 6.42. The van der Waals surface area contributed by atoms with Crippen LogP contribution in [0.2, 0.25) is 0 Å². The summed E-state index contributed by atoms with van der Waals surface area (Å²) in [6.07, 6.45) is -0.129. The molecule has 0 atom stereocenters. The number of ether oxygens (including phenoxy) is 15. The second-order valence-corrected chi connectivity index (χ2v) is 12.2. The van der Waals surface area contributed by atoms with Gasteiger partial charge in [-0.05, 0) is 20.8 Å². The van der Waals surface area contributed by atoms with Crippen LogP contribution in [0.5, 0.6) is 0 Å². The van der Waals surface area contributed by atoms with Crippen molar-refractivity contribution < 1.29 is 80.6 Å². The number of hydrogen-bond acceptors (Lipinski definition) is 17. The molecule has 0 aliphatic carbocycles. The minimum Gasteiger partial charge on any atom is -0.469 e. The van der Waals surface area contributed by atoms with E-state index >= 15 is 0 Å². The van der Waals surface area contributed by atoms with Gasteiger partial charge in [0.15, 0.2) is 0 Å². The van der Waals surface area contributed by atoms with Crippen LogP contribution in [-0.4, -0.2) is 215 Å². The van der Waals surface area contributed by atoms with Crippen LogP contribution in [0.25, 0.3) is 0 Å². The molecule has 0 aromatic carbocycles. The molecule has 0 aliphatic heterocycles. The van der Waals surface area contributed by atoms with Gasteiger partial charge in [-0.25, -0.2) is 4.79 Å². The van der Waals surface area contributed by atoms with Crippen LogP contribution >= 0.6 is 0 Å². The SMILES string of the molecule is COC(=O)CCOCCOCCOCCOCCOCCOCCOCCOCCOCCOCCOCCOCCOCCN(C)C(=O)OC(C)(C)C. The summed E-state index contributed by atoms with van der Waals surface area (Å²) in [4.78, 5) is 24.3. The first kappa shape index (κ1) is 52.2. The largest absolute Gasteiger partial charge is 0.469 e. The molecule has 0 bridgehead atoms. The highest BCUT2D eigenvalue weighted by Gasteiger charge is 2.19. The van der Waals surface area contributed by atoms with E-state index in [-0.39, 0.29) is 18.5 Å². The van der Waals surface area contributed by atoms with Crippen LogP contribution in [-0.2, 0) is 75.8 Å². The molecule has 1 amide bonds. The number of amides is 1. The van der Waals surface area contributed by atoms with E-state index in [4.69, 9.17) is 66.3 Å². The Balaban J connectivity index is 3.14. The van der Waals surface area contributed by atoms with Crippen molar-refractivity contribution in [2.24, 2.45) is 0 Å². The number of rotatable bonds is 42. The average Bonchev–Trinajstić information content (AvgIpc) is 3.14. The monoisotopic (exact) mass is 789 g/mol. The average molecular weight is 790 g/mol. The molecule has 0 rings (SSSR count). The summed E-state index contributed by atoms with van der Waals surface area (Å²) in [5.74, 6) is -0.290. The van der Waals surface area contributed by atoms with Crippen molar-refractivity contribution in [2.45, 2.75) is 32.8 Å². The van der Waals surface area contributed by atoms with Gasteiger partial charge in [0.1, 0.15) is 5.60 Å². The van der Waals surface area contributed by atoms with E-state index in [2.05, 4.69) is 4.74 Å². The van der Waals surface area contributed by atoms with Crippen LogP contribution in [0.3, 0.4) is 0 Å². The molecule has 0 aromatic heterocycles. The minimum atomic E-state index is -0.515. The fraction of sp³-hybridized carbons (Fsp3) is 0.944. The number of nitrogens with zero attached hydrogens (tertiary/aromatic N) is 1. The van der Waals surface area contributed by atoms with Gasteiger partial charge >= 0.3 is 12.1 Å². The number of carbonyl (C=O) groups is 2. The van der Waals surface area contributed by atoms with Gasteiger partial charge in [0.25, 0.3) is 0 Å². The van der Waals surface area contributed by atoms with Gasteiger partial charge in [-0.15, -0.1) is 0 Å². The Bertz CT molecular complexity index is 806. The van der Waals surface area contributed by atoms with Crippen molar-refractivity contribution in [3.63, 3.8) is 0 Å². The molecule has 0 fully saturated rings. The van der Waals surface area contributed by atoms with E-state index in [0.29, 0.717) is 178 Å². The van der Waals surface area contributed by atoms with Crippen LogP contribution in [0.15, 0.2) is 0 Å². The molecule has 0 radical (unpaired) electrons. The number of hydrogen-bond donors (Lipinski definition) is 0. The van der Waals surface area contributed by atoms with E-state index in [9.17, 15) is 9.59 Å². The van der Waals surface area contributed by atoms with Crippen molar-refractivity contribution in [1.82, 2.24) is 4.90 Å². The zero-order valence-electron chi connectivity index (χ0n) is 33.7. The van der Waals surface area contributed by atoms with Gasteiger partial charge in [-0.3, -0.25) is 4.79 Å². The second kappa shape index (κ2) is 40.9. The minimum absolute atomic E-state index is 0.240. The third kappa shape index (κ3) is 43.0. The van der Waals surface area contributed by atoms with Crippen LogP contribution in [0.1, 0.15) is 27.2 Å². The van der Waals surface area contributed by atoms with E-state index in [0.717, 1.165) is 0 Å². The van der Waals surface area contributed by atoms with Gasteiger partial charge in [-0.1, -0.05) is 0 Å². The molecular formula is C36H71NO17. The predicted octanol–water partition coefficient (Wildman–Crippen LogP) is 1.63. The molecule has 0 N–H and O–H groups in total. The highest BCUT2D eigenvalue weighted by atomic mass is 16.6. The Morgan fingerprint density at radius 3 is 0.833 bits per heavy atom. The number of likely N-dealkylation sites (N-methyl/N-ethyl adjacent to an activating group) is 1. The lowest BCUT2D eigenvalue weighted by Crippen LogP contribution is -2.36. The maximum absolute atomic E-state index is 11.9. The topological polar surface area (TPSA) is 176 Å². The van der Waals surface area contributed by atoms with Crippen LogP contribution in [0, 0.1) is 0 Å². The first-order chi connectivity index (χ1) is 26.3. The summed E-state index contributed by atoms with van der Waals surface area (Å²) >= 11 is 0. The summed E-state index contributed by atoms with van der Waals surface area (Å²) < 4.78 is 80.6. The first-order valence-electron chi connectivity index (χ1n) is 18.8. The first-order valence-corrected chi connectivity index (χ1v) is 18.8. The van der Waals surface area contributed by atoms with Crippen molar-refractivity contribution in [3.8, 4) is 0 Å². The summed E-state index contributed by atoms with van der Waals surface area (Å²) in [6.45, 7) is 18.1. The number of methoxy groups -OCH3 is 1. The van der Waals surface area contributed by atoms with Crippen molar-refractivity contribution >= 4 is 12.1 Å². The molecular weight excluding hydrogens is 718 g/mol. The van der Waals surface area contributed by atoms with Gasteiger partial charge in [0.2, 0.25) is 0 Å². The van der Waals surface area contributed by atoms with E-state index in [1.807, 2.05) is 20.8 Å². The Kier molecular flexibility index (Phi) is 39.5. The molecule has 0 saturated carbocycles. The zero-order valence-corrected chi connectivity index (χ0v) is 33.7. The fourth-order valence-electron chi connectivity index (χ4n) is 3.63. The number of carbonyl (C=O) groups excluding carboxylic acids is 2. The summed E-state index contributed by atoms with van der Waals surface area (Å²) in [5.41, 5.74) is -0.515. The lowest BCUT2D eigenvalue weighted by Gasteiger charge is -2.24. The highest BCUT2D eigenvalue weighted by molar-refractivity contribution is 5.69. The molecule has 18 nitrogen and oxygen atoms in total. The van der Waals surface area contributed by atoms with Crippen molar-refractivity contribution in [2.75, 3.05) is 192 Å². The lowest BCUT2D eigenvalue weighted by atomic mass is 10.2. The molecule has 54 heavy (non-hydrogen) atoms. The zero-order chi connectivity index (χ0) is 39.6. The third-order valence-electron chi connectivity index (χ3n) is 6.42. The number of esters is 1. The predicted molar refractivity (Wildman–Crippen MR) is 196 cm³/mol. The molecule has 0 heterocycles. The van der Waals surface area contributed by atoms with Gasteiger partial charge in [0, 0.05) is 13.6 Å². The maximum Gasteiger partial charge on any atom is 0.410 e. The van der Waals surface area contributed by atoms with Crippen LogP contribution in [0.4, 0.5) is 4.79 Å². The maximum atomic E-state index is 11.9. The summed E-state index contributed by atoms with van der Waals surface area (Å²) in [7, 11) is 3.03. The Morgan fingerprint density at radius 1 is 0.389 bits per heavy atom. The molecule has 322 valence electrons. The second-order valence-electron chi connectivity index (χ2n) is 12.2. The van der Waals surface area contributed by atoms with Gasteiger partial charge < -0.3 is 76.0 Å². The molecule has 0 spiro atoms. The molecule has 0 saturated heterocycles. The quantitative estimate of drug-likeness (QED) is 0.0644. The van der Waals surface area contributed by atoms with Crippen molar-refractivity contribution in [3.05, 3.63) is 0 Å². The van der Waals surface area contributed by atoms with Crippen LogP contribution < -0.4 is 0 Å². The highest BCUT2D eigenvalue weighted by Crippen LogP contribution is 2.08. The Morgan fingerprint density at radius 2 is 0.611 bits per heavy atom. The fourth-order valence-corrected chi connectivity index (χ4v) is 3.63. The smallest absolute Gasteiger partial charge is 0.410 e. The molecule has 0 aliphatic rings. The van der Waals surface area contributed by atoms with Gasteiger partial charge in [-0.2, -0.15) is 0 Å². The molecule has 0 aromatic rings. The standard InChI is InChI=1S/C36H71NO17/c1-36(2,3)54-35(39)37(4)7-9-42-11-13-44-15-17-46-19-21-48-23-25-50-27-29-52-31-33-53-32-30-51-28-26-49-24-22-47-20-18-45-16-14-43-12-10-41-8-6-34(38)40-5/h6-33H2,1-5H3. The Labute approximate surface area is 322 Å². The van der Waals surface area contributed by atoms with Gasteiger partial charge in [0.05, 0.1) is 185 Å². The van der Waals surface area contributed by atoms with E-state index in [1.165, 1.54) is 12.0 Å². The summed E-state index contributed by atoms with van der Waals surface area (Å²) in [5, 5.41) is 0. The normalized spacial score (nSPS) is 11.6. The Hall–Kier alpha value is -1.78. The molecule has 18 heteroatoms. The van der Waals surface area contributed by atoms with E-state index in [1.54, 1.807) is 7.05 Å².